The van der Waals surface area contributed by atoms with E-state index in [1.165, 1.54) is 5.56 Å². The van der Waals surface area contributed by atoms with Crippen molar-refractivity contribution >= 4 is 17.3 Å². The van der Waals surface area contributed by atoms with Gasteiger partial charge in [0.05, 0.1) is 32.3 Å². The lowest BCUT2D eigenvalue weighted by Crippen LogP contribution is -3.14. The summed E-state index contributed by atoms with van der Waals surface area (Å²) >= 11 is 5.50. The van der Waals surface area contributed by atoms with Gasteiger partial charge in [0.25, 0.3) is 0 Å². The van der Waals surface area contributed by atoms with Crippen molar-refractivity contribution in [2.75, 3.05) is 46.4 Å². The largest absolute Gasteiger partial charge is 0.370 e. The van der Waals surface area contributed by atoms with Crippen molar-refractivity contribution in [3.05, 3.63) is 35.9 Å². The minimum absolute atomic E-state index is 0.280. The average Bonchev–Trinajstić information content (AvgIpc) is 2.55. The second-order valence-electron chi connectivity index (χ2n) is 5.54. The summed E-state index contributed by atoms with van der Waals surface area (Å²) in [7, 11) is 2.05. The molecular formula is C16H26N3OS+. The lowest BCUT2D eigenvalue weighted by atomic mass is 10.1. The number of ether oxygens (including phenoxy) is 1. The Morgan fingerprint density at radius 1 is 1.33 bits per heavy atom. The van der Waals surface area contributed by atoms with Crippen molar-refractivity contribution in [1.29, 1.82) is 0 Å². The summed E-state index contributed by atoms with van der Waals surface area (Å²) < 4.78 is 5.37. The Morgan fingerprint density at radius 2 is 2.00 bits per heavy atom. The lowest BCUT2D eigenvalue weighted by molar-refractivity contribution is -0.906. The van der Waals surface area contributed by atoms with Gasteiger partial charge in [-0.1, -0.05) is 30.3 Å². The number of morpholine rings is 1. The minimum atomic E-state index is 0.280. The summed E-state index contributed by atoms with van der Waals surface area (Å²) in [6.07, 6.45) is 0. The molecule has 0 aromatic heterocycles. The summed E-state index contributed by atoms with van der Waals surface area (Å²) in [5.74, 6) is 0. The van der Waals surface area contributed by atoms with Crippen LogP contribution in [0.5, 0.6) is 0 Å². The molecule has 116 valence electrons. The molecule has 0 aliphatic carbocycles. The van der Waals surface area contributed by atoms with Crippen LogP contribution in [0.4, 0.5) is 0 Å². The van der Waals surface area contributed by atoms with Gasteiger partial charge in [0.2, 0.25) is 0 Å². The van der Waals surface area contributed by atoms with Crippen molar-refractivity contribution in [2.45, 2.75) is 13.0 Å². The standard InChI is InChI=1S/C16H25N3OS/c1-14(15-6-4-3-5-7-15)18(2)16(21)17-8-9-19-10-12-20-13-11-19/h3-7,14H,8-13H2,1-2H3,(H,17,21)/p+1/t14-/m1/s1. The van der Waals surface area contributed by atoms with Crippen LogP contribution >= 0.6 is 12.2 Å². The molecule has 1 aromatic carbocycles. The number of hydrogen-bond donors (Lipinski definition) is 2. The molecule has 1 aliphatic rings. The summed E-state index contributed by atoms with van der Waals surface area (Å²) in [5.41, 5.74) is 1.28. The zero-order valence-corrected chi connectivity index (χ0v) is 13.8. The molecule has 0 radical (unpaired) electrons. The molecule has 2 N–H and O–H groups in total. The van der Waals surface area contributed by atoms with Gasteiger partial charge in [-0.3, -0.25) is 0 Å². The molecule has 0 saturated carbocycles. The second kappa shape index (κ2) is 8.32. The monoisotopic (exact) mass is 308 g/mol. The van der Waals surface area contributed by atoms with E-state index >= 15 is 0 Å². The molecular weight excluding hydrogens is 282 g/mol. The molecule has 0 unspecified atom stereocenters. The maximum Gasteiger partial charge on any atom is 0.169 e. The highest BCUT2D eigenvalue weighted by atomic mass is 32.1. The Morgan fingerprint density at radius 3 is 2.67 bits per heavy atom. The predicted molar refractivity (Wildman–Crippen MR) is 89.6 cm³/mol. The fraction of sp³-hybridized carbons (Fsp3) is 0.562. The number of thiocarbonyl (C=S) groups is 1. The van der Waals surface area contributed by atoms with Crippen molar-refractivity contribution in [3.63, 3.8) is 0 Å². The molecule has 1 aliphatic heterocycles. The first kappa shape index (κ1) is 16.2. The molecule has 4 nitrogen and oxygen atoms in total. The molecule has 0 bridgehead atoms. The Balaban J connectivity index is 1.74. The zero-order valence-electron chi connectivity index (χ0n) is 13.0. The van der Waals surface area contributed by atoms with E-state index in [0.717, 1.165) is 44.5 Å². The van der Waals surface area contributed by atoms with Crippen LogP contribution in [0.2, 0.25) is 0 Å². The molecule has 2 rings (SSSR count). The Hall–Kier alpha value is -1.17. The number of nitrogens with zero attached hydrogens (tertiary/aromatic N) is 1. The molecule has 1 heterocycles. The van der Waals surface area contributed by atoms with Gasteiger partial charge in [-0.2, -0.15) is 0 Å². The summed E-state index contributed by atoms with van der Waals surface area (Å²) in [6, 6.07) is 10.7. The molecule has 21 heavy (non-hydrogen) atoms. The number of nitrogens with one attached hydrogen (secondary N) is 2. The van der Waals surface area contributed by atoms with Crippen LogP contribution in [0.25, 0.3) is 0 Å². The van der Waals surface area contributed by atoms with Crippen molar-refractivity contribution < 1.29 is 9.64 Å². The third-order valence-electron chi connectivity index (χ3n) is 4.14. The van der Waals surface area contributed by atoms with Gasteiger partial charge in [-0.25, -0.2) is 0 Å². The van der Waals surface area contributed by atoms with Crippen LogP contribution in [0.15, 0.2) is 30.3 Å². The van der Waals surface area contributed by atoms with Gasteiger partial charge in [-0.15, -0.1) is 0 Å². The van der Waals surface area contributed by atoms with Gasteiger partial charge >= 0.3 is 0 Å². The number of rotatable bonds is 5. The fourth-order valence-electron chi connectivity index (χ4n) is 2.51. The summed E-state index contributed by atoms with van der Waals surface area (Å²) in [5, 5.41) is 4.19. The maximum absolute atomic E-state index is 5.50. The summed E-state index contributed by atoms with van der Waals surface area (Å²) in [6.45, 7) is 8.15. The highest BCUT2D eigenvalue weighted by molar-refractivity contribution is 7.80. The average molecular weight is 308 g/mol. The van der Waals surface area contributed by atoms with E-state index in [0.29, 0.717) is 0 Å². The van der Waals surface area contributed by atoms with E-state index in [-0.39, 0.29) is 6.04 Å². The molecule has 0 spiro atoms. The number of benzene rings is 1. The van der Waals surface area contributed by atoms with Crippen molar-refractivity contribution in [2.24, 2.45) is 0 Å². The van der Waals surface area contributed by atoms with Gasteiger partial charge in [0.15, 0.2) is 5.11 Å². The third kappa shape index (κ3) is 4.95. The minimum Gasteiger partial charge on any atom is -0.370 e. The molecule has 1 aromatic rings. The normalized spacial score (nSPS) is 17.2. The van der Waals surface area contributed by atoms with Gasteiger partial charge in [0.1, 0.15) is 13.1 Å². The summed E-state index contributed by atoms with van der Waals surface area (Å²) in [4.78, 5) is 3.72. The van der Waals surface area contributed by atoms with Crippen LogP contribution in [-0.4, -0.2) is 56.5 Å². The Labute approximate surface area is 133 Å². The first-order valence-electron chi connectivity index (χ1n) is 7.65. The number of quaternary nitrogens is 1. The highest BCUT2D eigenvalue weighted by Gasteiger charge is 2.16. The Kier molecular flexibility index (Phi) is 6.42. The van der Waals surface area contributed by atoms with Crippen LogP contribution < -0.4 is 10.2 Å². The Bertz CT molecular complexity index is 434. The van der Waals surface area contributed by atoms with Gasteiger partial charge in [-0.05, 0) is 24.7 Å². The van der Waals surface area contributed by atoms with Gasteiger partial charge in [0, 0.05) is 7.05 Å². The van der Waals surface area contributed by atoms with Crippen LogP contribution in [0.3, 0.4) is 0 Å². The molecule has 1 atom stereocenters. The van der Waals surface area contributed by atoms with E-state index in [1.54, 1.807) is 4.90 Å². The van der Waals surface area contributed by atoms with Gasteiger partial charge < -0.3 is 19.9 Å². The SMILES string of the molecule is C[C@H](c1ccccc1)N(C)C(=S)NCC[NH+]1CCOCC1. The topological polar surface area (TPSA) is 28.9 Å². The van der Waals surface area contributed by atoms with Crippen LogP contribution in [0, 0.1) is 0 Å². The fourth-order valence-corrected chi connectivity index (χ4v) is 2.77. The van der Waals surface area contributed by atoms with E-state index in [9.17, 15) is 0 Å². The molecule has 0 amide bonds. The number of hydrogen-bond acceptors (Lipinski definition) is 2. The smallest absolute Gasteiger partial charge is 0.169 e. The first-order valence-corrected chi connectivity index (χ1v) is 8.06. The quantitative estimate of drug-likeness (QED) is 0.774. The zero-order chi connectivity index (χ0) is 15.1. The third-order valence-corrected chi connectivity index (χ3v) is 4.57. The molecule has 1 fully saturated rings. The molecule has 1 saturated heterocycles. The predicted octanol–water partition coefficient (Wildman–Crippen LogP) is 0.469. The maximum atomic E-state index is 5.50. The molecule has 5 heteroatoms. The van der Waals surface area contributed by atoms with E-state index < -0.39 is 0 Å². The van der Waals surface area contributed by atoms with E-state index in [1.807, 2.05) is 6.07 Å². The first-order chi connectivity index (χ1) is 10.2. The second-order valence-corrected chi connectivity index (χ2v) is 5.93. The van der Waals surface area contributed by atoms with E-state index in [4.69, 9.17) is 17.0 Å². The van der Waals surface area contributed by atoms with Crippen LogP contribution in [-0.2, 0) is 4.74 Å². The van der Waals surface area contributed by atoms with Crippen molar-refractivity contribution in [1.82, 2.24) is 10.2 Å². The van der Waals surface area contributed by atoms with Crippen molar-refractivity contribution in [3.8, 4) is 0 Å². The van der Waals surface area contributed by atoms with Crippen LogP contribution in [0.1, 0.15) is 18.5 Å². The highest BCUT2D eigenvalue weighted by Crippen LogP contribution is 2.17. The lowest BCUT2D eigenvalue weighted by Gasteiger charge is -2.29. The van der Waals surface area contributed by atoms with E-state index in [2.05, 4.69) is 48.5 Å².